The van der Waals surface area contributed by atoms with E-state index in [-0.39, 0.29) is 11.9 Å². The number of aromatic amines is 1. The molecule has 1 N–H and O–H groups in total. The Morgan fingerprint density at radius 3 is 2.74 bits per heavy atom. The number of amides is 1. The number of furan rings is 1. The molecular weight excluding hydrogens is 346 g/mol. The van der Waals surface area contributed by atoms with Crippen LogP contribution in [-0.2, 0) is 9.47 Å². The van der Waals surface area contributed by atoms with Gasteiger partial charge in [-0.1, -0.05) is 29.8 Å². The van der Waals surface area contributed by atoms with Gasteiger partial charge in [0.25, 0.3) is 5.91 Å². The van der Waals surface area contributed by atoms with Crippen molar-refractivity contribution in [2.24, 2.45) is 0 Å². The highest BCUT2D eigenvalue weighted by molar-refractivity contribution is 6.00. The zero-order valence-electron chi connectivity index (χ0n) is 15.4. The molecule has 0 aliphatic carbocycles. The van der Waals surface area contributed by atoms with Crippen LogP contribution < -0.4 is 0 Å². The number of rotatable bonds is 6. The van der Waals surface area contributed by atoms with Crippen LogP contribution in [0.2, 0.25) is 0 Å². The highest BCUT2D eigenvalue weighted by atomic mass is 16.7. The molecule has 4 rings (SSSR count). The Balaban J connectivity index is 1.85. The van der Waals surface area contributed by atoms with E-state index in [4.69, 9.17) is 13.9 Å². The molecule has 7 heteroatoms. The van der Waals surface area contributed by atoms with Crippen molar-refractivity contribution < 1.29 is 18.7 Å². The van der Waals surface area contributed by atoms with Crippen LogP contribution in [0.3, 0.4) is 0 Å². The Hall–Kier alpha value is -2.90. The number of carbonyl (C=O) groups excluding carboxylic acids is 1. The fourth-order valence-corrected chi connectivity index (χ4v) is 3.58. The molecule has 1 aliphatic rings. The topological polar surface area (TPSA) is 80.6 Å². The van der Waals surface area contributed by atoms with Crippen LogP contribution in [-0.4, -0.2) is 48.1 Å². The predicted molar refractivity (Wildman–Crippen MR) is 98.2 cm³/mol. The fraction of sp³-hybridized carbons (Fsp3) is 0.300. The van der Waals surface area contributed by atoms with Gasteiger partial charge < -0.3 is 18.8 Å². The van der Waals surface area contributed by atoms with E-state index in [1.807, 2.05) is 37.3 Å². The molecule has 1 aliphatic heterocycles. The third-order valence-electron chi connectivity index (χ3n) is 4.85. The first kappa shape index (κ1) is 17.5. The van der Waals surface area contributed by atoms with Crippen LogP contribution in [0.4, 0.5) is 0 Å². The summed E-state index contributed by atoms with van der Waals surface area (Å²) in [5, 5.41) is 7.25. The molecule has 0 radical (unpaired) electrons. The molecule has 0 fully saturated rings. The van der Waals surface area contributed by atoms with E-state index in [0.29, 0.717) is 23.7 Å². The zero-order valence-corrected chi connectivity index (χ0v) is 15.4. The lowest BCUT2D eigenvalue weighted by atomic mass is 9.97. The largest absolute Gasteiger partial charge is 0.463 e. The second kappa shape index (κ2) is 7.02. The number of methoxy groups -OCH3 is 2. The molecular formula is C20H21N3O4. The lowest BCUT2D eigenvalue weighted by Gasteiger charge is -2.29. The smallest absolute Gasteiger partial charge is 0.275 e. The number of ether oxygens (including phenoxy) is 2. The molecule has 0 bridgehead atoms. The Kier molecular flexibility index (Phi) is 4.55. The summed E-state index contributed by atoms with van der Waals surface area (Å²) < 4.78 is 16.2. The Bertz CT molecular complexity index is 944. The Labute approximate surface area is 156 Å². The first-order chi connectivity index (χ1) is 13.1. The maximum Gasteiger partial charge on any atom is 0.275 e. The molecule has 27 heavy (non-hydrogen) atoms. The molecule has 0 saturated heterocycles. The number of aromatic nitrogens is 2. The van der Waals surface area contributed by atoms with E-state index in [1.165, 1.54) is 0 Å². The van der Waals surface area contributed by atoms with Gasteiger partial charge in [0.05, 0.1) is 18.8 Å². The minimum absolute atomic E-state index is 0.162. The number of nitrogens with zero attached hydrogens (tertiary/aromatic N) is 2. The molecule has 3 aromatic rings. The quantitative estimate of drug-likeness (QED) is 0.677. The first-order valence-electron chi connectivity index (χ1n) is 8.69. The highest BCUT2D eigenvalue weighted by Crippen LogP contribution is 2.43. The van der Waals surface area contributed by atoms with Gasteiger partial charge in [0.2, 0.25) is 0 Å². The fourth-order valence-electron chi connectivity index (χ4n) is 3.58. The SMILES string of the molecule is COC(CN1C(=O)c2n[nH]c(-c3ccco3)c2C1c1cccc(C)c1)OC. The van der Waals surface area contributed by atoms with Crippen molar-refractivity contribution in [1.82, 2.24) is 15.1 Å². The summed E-state index contributed by atoms with van der Waals surface area (Å²) in [4.78, 5) is 14.9. The maximum atomic E-state index is 13.1. The third-order valence-corrected chi connectivity index (χ3v) is 4.85. The van der Waals surface area contributed by atoms with E-state index >= 15 is 0 Å². The van der Waals surface area contributed by atoms with E-state index in [0.717, 1.165) is 16.7 Å². The summed E-state index contributed by atoms with van der Waals surface area (Å²) in [7, 11) is 3.12. The van der Waals surface area contributed by atoms with Crippen molar-refractivity contribution in [3.63, 3.8) is 0 Å². The highest BCUT2D eigenvalue weighted by Gasteiger charge is 2.43. The molecule has 3 heterocycles. The van der Waals surface area contributed by atoms with Gasteiger partial charge in [0.15, 0.2) is 17.7 Å². The maximum absolute atomic E-state index is 13.1. The lowest BCUT2D eigenvalue weighted by Crippen LogP contribution is -2.38. The molecule has 1 atom stereocenters. The summed E-state index contributed by atoms with van der Waals surface area (Å²) in [6.45, 7) is 2.32. The van der Waals surface area contributed by atoms with E-state index in [2.05, 4.69) is 16.3 Å². The number of fused-ring (bicyclic) bond motifs is 1. The number of H-pyrrole nitrogens is 1. The van der Waals surface area contributed by atoms with Crippen LogP contribution in [0.25, 0.3) is 11.5 Å². The van der Waals surface area contributed by atoms with Crippen molar-refractivity contribution in [3.8, 4) is 11.5 Å². The molecule has 1 aromatic carbocycles. The van der Waals surface area contributed by atoms with E-state index < -0.39 is 6.29 Å². The van der Waals surface area contributed by atoms with Crippen LogP contribution in [0, 0.1) is 6.92 Å². The minimum atomic E-state index is -0.527. The van der Waals surface area contributed by atoms with Gasteiger partial charge in [-0.3, -0.25) is 9.89 Å². The number of carbonyl (C=O) groups is 1. The van der Waals surface area contributed by atoms with Gasteiger partial charge in [-0.25, -0.2) is 0 Å². The summed E-state index contributed by atoms with van der Waals surface area (Å²) in [6, 6.07) is 11.5. The summed E-state index contributed by atoms with van der Waals surface area (Å²) >= 11 is 0. The van der Waals surface area contributed by atoms with Crippen LogP contribution in [0.15, 0.2) is 47.1 Å². The molecule has 1 amide bonds. The second-order valence-electron chi connectivity index (χ2n) is 6.51. The summed E-state index contributed by atoms with van der Waals surface area (Å²) in [6.07, 6.45) is 1.08. The summed E-state index contributed by atoms with van der Waals surface area (Å²) in [5.41, 5.74) is 4.04. The van der Waals surface area contributed by atoms with Crippen LogP contribution >= 0.6 is 0 Å². The number of aryl methyl sites for hydroxylation is 1. The molecule has 0 spiro atoms. The zero-order chi connectivity index (χ0) is 19.0. The average Bonchev–Trinajstić information content (AvgIpc) is 3.38. The third kappa shape index (κ3) is 2.94. The normalized spacial score (nSPS) is 16.4. The molecule has 140 valence electrons. The predicted octanol–water partition coefficient (Wildman–Crippen LogP) is 3.14. The monoisotopic (exact) mass is 367 g/mol. The van der Waals surface area contributed by atoms with Gasteiger partial charge in [0, 0.05) is 19.8 Å². The van der Waals surface area contributed by atoms with E-state index in [1.54, 1.807) is 25.4 Å². The second-order valence-corrected chi connectivity index (χ2v) is 6.51. The first-order valence-corrected chi connectivity index (χ1v) is 8.69. The number of nitrogens with one attached hydrogen (secondary N) is 1. The van der Waals surface area contributed by atoms with Crippen LogP contribution in [0.5, 0.6) is 0 Å². The van der Waals surface area contributed by atoms with Crippen molar-refractivity contribution in [2.75, 3.05) is 20.8 Å². The van der Waals surface area contributed by atoms with Gasteiger partial charge in [-0.15, -0.1) is 0 Å². The van der Waals surface area contributed by atoms with Crippen molar-refractivity contribution in [1.29, 1.82) is 0 Å². The van der Waals surface area contributed by atoms with Crippen molar-refractivity contribution >= 4 is 5.91 Å². The molecule has 7 nitrogen and oxygen atoms in total. The molecule has 0 saturated carbocycles. The molecule has 1 unspecified atom stereocenters. The van der Waals surface area contributed by atoms with Gasteiger partial charge in [-0.05, 0) is 24.6 Å². The Morgan fingerprint density at radius 2 is 2.07 bits per heavy atom. The number of benzene rings is 1. The summed E-state index contributed by atoms with van der Waals surface area (Å²) in [5.74, 6) is 0.482. The van der Waals surface area contributed by atoms with Gasteiger partial charge in [0.1, 0.15) is 5.69 Å². The molecule has 2 aromatic heterocycles. The van der Waals surface area contributed by atoms with Crippen molar-refractivity contribution in [2.45, 2.75) is 19.3 Å². The van der Waals surface area contributed by atoms with Gasteiger partial charge >= 0.3 is 0 Å². The number of hydrogen-bond donors (Lipinski definition) is 1. The minimum Gasteiger partial charge on any atom is -0.463 e. The standard InChI is InChI=1S/C20H21N3O4/c1-12-6-4-7-13(10-12)19-16-17(14-8-5-9-27-14)21-22-18(16)20(24)23(19)11-15(25-2)26-3/h4-10,15,19H,11H2,1-3H3,(H,21,22). The van der Waals surface area contributed by atoms with Crippen molar-refractivity contribution in [3.05, 3.63) is 65.0 Å². The van der Waals surface area contributed by atoms with Gasteiger partial charge in [-0.2, -0.15) is 5.10 Å². The average molecular weight is 367 g/mol. The van der Waals surface area contributed by atoms with E-state index in [9.17, 15) is 4.79 Å². The van der Waals surface area contributed by atoms with Crippen LogP contribution in [0.1, 0.15) is 33.2 Å². The Morgan fingerprint density at radius 1 is 1.26 bits per heavy atom. The lowest BCUT2D eigenvalue weighted by molar-refractivity contribution is -0.113. The number of hydrogen-bond acceptors (Lipinski definition) is 5.